The van der Waals surface area contributed by atoms with Crippen molar-refractivity contribution in [2.75, 3.05) is 0 Å². The zero-order valence-electron chi connectivity index (χ0n) is 38.4. The Morgan fingerprint density at radius 2 is 0.414 bits per heavy atom. The van der Waals surface area contributed by atoms with Crippen molar-refractivity contribution < 1.29 is 0 Å². The minimum atomic E-state index is 1.21. The van der Waals surface area contributed by atoms with Crippen LogP contribution in [-0.4, -0.2) is 0 Å². The molecule has 14 aromatic carbocycles. The zero-order valence-corrected chi connectivity index (χ0v) is 38.4. The van der Waals surface area contributed by atoms with Crippen LogP contribution < -0.4 is 0 Å². The molecule has 0 bridgehead atoms. The van der Waals surface area contributed by atoms with E-state index in [1.165, 1.54) is 142 Å². The molecule has 0 spiro atoms. The molecule has 0 heterocycles. The Balaban J connectivity index is 1.09. The minimum Gasteiger partial charge on any atom is -0.0622 e. The predicted molar refractivity (Wildman–Crippen MR) is 302 cm³/mol. The topological polar surface area (TPSA) is 0 Å². The summed E-state index contributed by atoms with van der Waals surface area (Å²) in [5.41, 5.74) is 14.9. The first-order valence-electron chi connectivity index (χ1n) is 24.3. The lowest BCUT2D eigenvalue weighted by Crippen LogP contribution is -1.96. The maximum atomic E-state index is 2.42. The Hall–Kier alpha value is -9.10. The fraction of sp³-hybridized carbons (Fsp3) is 0. The van der Waals surface area contributed by atoms with Crippen LogP contribution in [0.3, 0.4) is 0 Å². The van der Waals surface area contributed by atoms with Crippen molar-refractivity contribution in [1.29, 1.82) is 0 Å². The molecule has 0 heteroatoms. The lowest BCUT2D eigenvalue weighted by Gasteiger charge is -2.24. The largest absolute Gasteiger partial charge is 0.0622 e. The van der Waals surface area contributed by atoms with Gasteiger partial charge >= 0.3 is 0 Å². The van der Waals surface area contributed by atoms with Crippen LogP contribution in [0.2, 0.25) is 0 Å². The Bertz CT molecular complexity index is 4220. The number of benzene rings is 14. The van der Waals surface area contributed by atoms with E-state index in [1.807, 2.05) is 0 Å². The molecule has 14 rings (SSSR count). The van der Waals surface area contributed by atoms with Crippen LogP contribution in [0, 0.1) is 0 Å². The molecule has 0 atom stereocenters. The quantitative estimate of drug-likeness (QED) is 0.146. The van der Waals surface area contributed by atoms with Crippen LogP contribution in [0.5, 0.6) is 0 Å². The van der Waals surface area contributed by atoms with E-state index in [4.69, 9.17) is 0 Å². The minimum absolute atomic E-state index is 1.21. The molecule has 0 fully saturated rings. The zero-order chi connectivity index (χ0) is 46.1. The molecule has 0 unspecified atom stereocenters. The van der Waals surface area contributed by atoms with Crippen molar-refractivity contribution in [2.24, 2.45) is 0 Å². The van der Waals surface area contributed by atoms with Crippen LogP contribution in [0.4, 0.5) is 0 Å². The van der Waals surface area contributed by atoms with Gasteiger partial charge in [-0.2, -0.15) is 0 Å². The Morgan fingerprint density at radius 1 is 0.143 bits per heavy atom. The second kappa shape index (κ2) is 16.3. The molecule has 0 aromatic heterocycles. The lowest BCUT2D eigenvalue weighted by molar-refractivity contribution is 1.61. The van der Waals surface area contributed by atoms with Crippen LogP contribution in [-0.2, 0) is 0 Å². The van der Waals surface area contributed by atoms with Crippen molar-refractivity contribution in [1.82, 2.24) is 0 Å². The molecule has 0 saturated heterocycles. The van der Waals surface area contributed by atoms with Gasteiger partial charge in [-0.3, -0.25) is 0 Å². The van der Waals surface area contributed by atoms with Gasteiger partial charge in [-0.15, -0.1) is 0 Å². The van der Waals surface area contributed by atoms with Crippen molar-refractivity contribution >= 4 is 75.4 Å². The van der Waals surface area contributed by atoms with Crippen molar-refractivity contribution in [3.8, 4) is 66.8 Å². The van der Waals surface area contributed by atoms with Crippen molar-refractivity contribution in [2.45, 2.75) is 0 Å². The maximum absolute atomic E-state index is 2.42. The third kappa shape index (κ3) is 6.24. The summed E-state index contributed by atoms with van der Waals surface area (Å²) in [6.07, 6.45) is 0. The van der Waals surface area contributed by atoms with Gasteiger partial charge in [-0.05, 0) is 160 Å². The highest BCUT2D eigenvalue weighted by atomic mass is 14.3. The summed E-state index contributed by atoms with van der Waals surface area (Å²) in [7, 11) is 0. The normalized spacial score (nSPS) is 11.7. The third-order valence-corrected chi connectivity index (χ3v) is 14.8. The molecule has 0 radical (unpaired) electrons. The Morgan fingerprint density at radius 3 is 0.800 bits per heavy atom. The first kappa shape index (κ1) is 40.0. The summed E-state index contributed by atoms with van der Waals surface area (Å²) in [4.78, 5) is 0. The van der Waals surface area contributed by atoms with E-state index < -0.39 is 0 Å². The monoisotopic (exact) mass is 884 g/mol. The second-order valence-corrected chi connectivity index (χ2v) is 18.6. The molecule has 14 aromatic rings. The summed E-state index contributed by atoms with van der Waals surface area (Å²) in [6, 6.07) is 99.1. The van der Waals surface area contributed by atoms with Gasteiger partial charge < -0.3 is 0 Å². The summed E-state index contributed by atoms with van der Waals surface area (Å²) < 4.78 is 0. The molecule has 0 N–H and O–H groups in total. The SMILES string of the molecule is c1ccc(-c2cccc(-c3c4ccccc4c(-c4c5ccccc5c(-c5c6ccccc6c(-c6cc7ccccc7cc6-c6ccccc6)c6ccccc56)c5ccccc45)c4ccccc34)c2)cc1. The van der Waals surface area contributed by atoms with Crippen LogP contribution in [0.1, 0.15) is 0 Å². The standard InChI is InChI=1S/C70H44/c1-3-22-45(23-4-1)47-28-21-29-50(42-47)65-51-30-9-13-34-55(51)67(56-35-14-10-31-52(56)65)69-59-38-17-19-40-61(59)70(62-41-20-18-39-60(62)69)68-57-36-15-11-32-53(57)66(54-33-12-16-37-58(54)68)64-44-49-27-8-7-26-48(49)43-63(64)46-24-5-2-6-25-46/h1-44H. The molecule has 0 aliphatic rings. The maximum Gasteiger partial charge on any atom is -0.00139 e. The van der Waals surface area contributed by atoms with Gasteiger partial charge in [0.1, 0.15) is 0 Å². The number of rotatable bonds is 6. The van der Waals surface area contributed by atoms with Crippen molar-refractivity contribution in [3.63, 3.8) is 0 Å². The highest BCUT2D eigenvalue weighted by Gasteiger charge is 2.26. The average Bonchev–Trinajstić information content (AvgIpc) is 3.43. The van der Waals surface area contributed by atoms with E-state index in [-0.39, 0.29) is 0 Å². The molecule has 0 nitrogen and oxygen atoms in total. The van der Waals surface area contributed by atoms with E-state index in [0.717, 1.165) is 0 Å². The molecule has 0 saturated carbocycles. The number of hydrogen-bond acceptors (Lipinski definition) is 0. The highest BCUT2D eigenvalue weighted by Crippen LogP contribution is 2.54. The third-order valence-electron chi connectivity index (χ3n) is 14.8. The first-order chi connectivity index (χ1) is 34.8. The second-order valence-electron chi connectivity index (χ2n) is 18.6. The van der Waals surface area contributed by atoms with Gasteiger partial charge in [0.2, 0.25) is 0 Å². The van der Waals surface area contributed by atoms with E-state index in [9.17, 15) is 0 Å². The van der Waals surface area contributed by atoms with Gasteiger partial charge in [0, 0.05) is 0 Å². The van der Waals surface area contributed by atoms with Gasteiger partial charge in [-0.1, -0.05) is 249 Å². The molecule has 324 valence electrons. The first-order valence-corrected chi connectivity index (χ1v) is 24.3. The van der Waals surface area contributed by atoms with Gasteiger partial charge in [-0.25, -0.2) is 0 Å². The average molecular weight is 885 g/mol. The van der Waals surface area contributed by atoms with Gasteiger partial charge in [0.25, 0.3) is 0 Å². The Kier molecular flexibility index (Phi) is 9.32. The summed E-state index contributed by atoms with van der Waals surface area (Å²) in [5.74, 6) is 0. The van der Waals surface area contributed by atoms with E-state index in [0.29, 0.717) is 0 Å². The van der Waals surface area contributed by atoms with Crippen LogP contribution in [0.15, 0.2) is 267 Å². The van der Waals surface area contributed by atoms with Gasteiger partial charge in [0.05, 0.1) is 0 Å². The molecule has 0 aliphatic heterocycles. The van der Waals surface area contributed by atoms with Crippen LogP contribution in [0.25, 0.3) is 142 Å². The lowest BCUT2D eigenvalue weighted by atomic mass is 9.78. The van der Waals surface area contributed by atoms with Crippen LogP contribution >= 0.6 is 0 Å². The molecular weight excluding hydrogens is 841 g/mol. The Labute approximate surface area is 407 Å². The van der Waals surface area contributed by atoms with Gasteiger partial charge in [0.15, 0.2) is 0 Å². The molecule has 0 aliphatic carbocycles. The molecule has 70 heavy (non-hydrogen) atoms. The fourth-order valence-electron chi connectivity index (χ4n) is 11.9. The highest BCUT2D eigenvalue weighted by molar-refractivity contribution is 6.33. The summed E-state index contributed by atoms with van der Waals surface area (Å²) in [5, 5.41) is 17.4. The number of fused-ring (bicyclic) bond motifs is 7. The summed E-state index contributed by atoms with van der Waals surface area (Å²) >= 11 is 0. The predicted octanol–water partition coefficient (Wildman–Crippen LogP) is 19.8. The number of hydrogen-bond donors (Lipinski definition) is 0. The van der Waals surface area contributed by atoms with E-state index in [1.54, 1.807) is 0 Å². The molecule has 0 amide bonds. The molecular formula is C70H44. The summed E-state index contributed by atoms with van der Waals surface area (Å²) in [6.45, 7) is 0. The van der Waals surface area contributed by atoms with Crippen molar-refractivity contribution in [3.05, 3.63) is 267 Å². The fourth-order valence-corrected chi connectivity index (χ4v) is 11.9. The smallest absolute Gasteiger partial charge is 0.00139 e. The van der Waals surface area contributed by atoms with E-state index >= 15 is 0 Å². The van der Waals surface area contributed by atoms with E-state index in [2.05, 4.69) is 267 Å².